The highest BCUT2D eigenvalue weighted by atomic mass is 16.2. The van der Waals surface area contributed by atoms with Crippen molar-refractivity contribution in [3.63, 3.8) is 0 Å². The van der Waals surface area contributed by atoms with Gasteiger partial charge in [0, 0.05) is 29.4 Å². The maximum absolute atomic E-state index is 13.4. The predicted molar refractivity (Wildman–Crippen MR) is 172 cm³/mol. The van der Waals surface area contributed by atoms with E-state index in [2.05, 4.69) is 26.3 Å². The minimum Gasteiger partial charge on any atom is -0.379 e. The predicted octanol–water partition coefficient (Wildman–Crippen LogP) is 3.01. The molecule has 1 amide bonds. The van der Waals surface area contributed by atoms with Gasteiger partial charge in [0.2, 0.25) is 0 Å². The zero-order valence-electron chi connectivity index (χ0n) is 25.3. The van der Waals surface area contributed by atoms with E-state index in [-0.39, 0.29) is 29.7 Å². The summed E-state index contributed by atoms with van der Waals surface area (Å²) in [6.45, 7) is 4.47. The van der Waals surface area contributed by atoms with Crippen LogP contribution in [-0.4, -0.2) is 59.3 Å². The molecule has 232 valence electrons. The molecule has 1 aliphatic rings. The van der Waals surface area contributed by atoms with Crippen molar-refractivity contribution in [2.45, 2.75) is 57.7 Å². The third-order valence-electron chi connectivity index (χ3n) is 8.24. The molecule has 3 aromatic rings. The van der Waals surface area contributed by atoms with Gasteiger partial charge in [0.15, 0.2) is 0 Å². The Morgan fingerprint density at radius 2 is 1.71 bits per heavy atom. The van der Waals surface area contributed by atoms with Gasteiger partial charge in [-0.25, -0.2) is 19.2 Å². The molecule has 1 aromatic heterocycles. The summed E-state index contributed by atoms with van der Waals surface area (Å²) in [7, 11) is 0. The summed E-state index contributed by atoms with van der Waals surface area (Å²) in [5.74, 6) is 6.89. The summed E-state index contributed by atoms with van der Waals surface area (Å²) < 4.78 is 0. The standard InChI is InChI=1S/C35H37N5O5/c1-3-23(2)34(40-35(45)30-19-25-11-7-8-12-28(25)38-30)33(22-44)39-29(17-24-9-5-4-6-10-24)32(21-43)37-27(14-16-41)18-26-13-15-36-31(26)20-42/h4-12,14,19,23,26-27,29,34,36-39H,3,13,15,17-18H2,1-2H3,(H,40,45)/t23?,26-,27+,29-,34-/m0/s1. The number of amides is 1. The number of aromatic amines is 1. The third kappa shape index (κ3) is 8.39. The van der Waals surface area contributed by atoms with Crippen LogP contribution in [0.5, 0.6) is 0 Å². The van der Waals surface area contributed by atoms with Crippen molar-refractivity contribution >= 4 is 40.6 Å². The van der Waals surface area contributed by atoms with E-state index < -0.39 is 24.0 Å². The maximum atomic E-state index is 13.4. The van der Waals surface area contributed by atoms with Gasteiger partial charge in [0.25, 0.3) is 5.91 Å². The first kappa shape index (κ1) is 32.6. The molecule has 0 aliphatic carbocycles. The topological polar surface area (TPSA) is 149 Å². The monoisotopic (exact) mass is 607 g/mol. The zero-order chi connectivity index (χ0) is 32.2. The van der Waals surface area contributed by atoms with Crippen molar-refractivity contribution in [3.8, 4) is 0 Å². The van der Waals surface area contributed by atoms with Gasteiger partial charge < -0.3 is 26.3 Å². The number of allylic oxidation sites excluding steroid dienone is 1. The molecular formula is C35H37N5O5. The van der Waals surface area contributed by atoms with Crippen molar-refractivity contribution in [1.29, 1.82) is 0 Å². The molecule has 1 unspecified atom stereocenters. The molecular weight excluding hydrogens is 570 g/mol. The maximum Gasteiger partial charge on any atom is 0.268 e. The molecule has 0 spiro atoms. The Hall–Kier alpha value is -5.35. The van der Waals surface area contributed by atoms with Crippen LogP contribution < -0.4 is 21.3 Å². The van der Waals surface area contributed by atoms with E-state index in [9.17, 15) is 24.0 Å². The Kier molecular flexibility index (Phi) is 11.5. The van der Waals surface area contributed by atoms with E-state index in [4.69, 9.17) is 0 Å². The molecule has 5 atom stereocenters. The Morgan fingerprint density at radius 3 is 2.38 bits per heavy atom. The summed E-state index contributed by atoms with van der Waals surface area (Å²) in [5, 5.41) is 13.1. The highest BCUT2D eigenvalue weighted by molar-refractivity contribution is 5.98. The molecule has 10 heteroatoms. The van der Waals surface area contributed by atoms with Crippen molar-refractivity contribution in [3.05, 3.63) is 95.1 Å². The molecule has 0 bridgehead atoms. The molecule has 10 nitrogen and oxygen atoms in total. The number of carbonyl (C=O) groups is 1. The van der Waals surface area contributed by atoms with Crippen LogP contribution in [0.2, 0.25) is 0 Å². The van der Waals surface area contributed by atoms with Gasteiger partial charge in [0.1, 0.15) is 40.9 Å². The van der Waals surface area contributed by atoms with Crippen LogP contribution in [0.3, 0.4) is 0 Å². The second kappa shape index (κ2) is 15.9. The lowest BCUT2D eigenvalue weighted by atomic mass is 9.94. The number of hydrogen-bond acceptors (Lipinski definition) is 8. The normalized spacial score (nSPS) is 16.4. The van der Waals surface area contributed by atoms with E-state index in [0.717, 1.165) is 16.5 Å². The molecule has 0 saturated carbocycles. The summed E-state index contributed by atoms with van der Waals surface area (Å²) in [4.78, 5) is 64.3. The highest BCUT2D eigenvalue weighted by Crippen LogP contribution is 2.24. The van der Waals surface area contributed by atoms with E-state index in [1.165, 1.54) is 6.08 Å². The minimum absolute atomic E-state index is 0.0653. The average Bonchev–Trinajstić information content (AvgIpc) is 3.71. The Bertz CT molecular complexity index is 1660. The smallest absolute Gasteiger partial charge is 0.268 e. The largest absolute Gasteiger partial charge is 0.379 e. The molecule has 1 aliphatic heterocycles. The van der Waals surface area contributed by atoms with Gasteiger partial charge >= 0.3 is 0 Å². The van der Waals surface area contributed by atoms with Crippen LogP contribution in [0.15, 0.2) is 83.8 Å². The third-order valence-corrected chi connectivity index (χ3v) is 8.24. The number of H-pyrrole nitrogens is 1. The van der Waals surface area contributed by atoms with E-state index in [0.29, 0.717) is 37.2 Å². The van der Waals surface area contributed by atoms with Crippen LogP contribution >= 0.6 is 0 Å². The van der Waals surface area contributed by atoms with Gasteiger partial charge in [-0.15, -0.1) is 0 Å². The summed E-state index contributed by atoms with van der Waals surface area (Å²) in [5.41, 5.74) is 2.58. The first-order valence-electron chi connectivity index (χ1n) is 15.1. The quantitative estimate of drug-likeness (QED) is 0.166. The molecule has 1 saturated heterocycles. The van der Waals surface area contributed by atoms with Crippen LogP contribution in [0.4, 0.5) is 0 Å². The number of hydrogen-bond donors (Lipinski definition) is 5. The SMILES string of the molecule is CCC(C)[C@H](NC(=O)c1cc2ccccc2[nH]1)C(=C=O)N[C@@H](Cc1ccccc1)C(=C=O)N[C@H](C=C=O)C[C@@H]1CCNC1=C=O. The summed E-state index contributed by atoms with van der Waals surface area (Å²) in [6.07, 6.45) is 3.18. The van der Waals surface area contributed by atoms with Crippen molar-refractivity contribution in [1.82, 2.24) is 26.3 Å². The lowest BCUT2D eigenvalue weighted by Gasteiger charge is -2.30. The lowest BCUT2D eigenvalue weighted by Crippen LogP contribution is -2.49. The summed E-state index contributed by atoms with van der Waals surface area (Å²) >= 11 is 0. The van der Waals surface area contributed by atoms with Gasteiger partial charge in [-0.3, -0.25) is 4.79 Å². The van der Waals surface area contributed by atoms with Gasteiger partial charge in [-0.05, 0) is 42.9 Å². The van der Waals surface area contributed by atoms with E-state index in [1.807, 2.05) is 86.3 Å². The molecule has 5 N–H and O–H groups in total. The molecule has 45 heavy (non-hydrogen) atoms. The van der Waals surface area contributed by atoms with Crippen LogP contribution in [0.1, 0.15) is 49.2 Å². The minimum atomic E-state index is -0.803. The summed E-state index contributed by atoms with van der Waals surface area (Å²) in [6, 6.07) is 16.4. The average molecular weight is 608 g/mol. The van der Waals surface area contributed by atoms with Crippen molar-refractivity contribution < 1.29 is 24.0 Å². The van der Waals surface area contributed by atoms with Crippen LogP contribution in [0.25, 0.3) is 10.9 Å². The highest BCUT2D eigenvalue weighted by Gasteiger charge is 2.30. The van der Waals surface area contributed by atoms with Crippen LogP contribution in [0, 0.1) is 11.8 Å². The van der Waals surface area contributed by atoms with E-state index in [1.54, 1.807) is 12.0 Å². The Labute approximate surface area is 261 Å². The van der Waals surface area contributed by atoms with Gasteiger partial charge in [-0.1, -0.05) is 68.8 Å². The number of nitrogens with one attached hydrogen (secondary N) is 5. The molecule has 2 aromatic carbocycles. The zero-order valence-corrected chi connectivity index (χ0v) is 25.3. The Balaban J connectivity index is 1.61. The first-order chi connectivity index (χ1) is 21.9. The van der Waals surface area contributed by atoms with Gasteiger partial charge in [0.05, 0.1) is 23.8 Å². The molecule has 0 radical (unpaired) electrons. The molecule has 2 heterocycles. The molecule has 4 rings (SSSR count). The van der Waals surface area contributed by atoms with Crippen molar-refractivity contribution in [2.24, 2.45) is 11.8 Å². The number of aromatic nitrogens is 1. The number of para-hydroxylation sites is 1. The number of rotatable bonds is 15. The number of fused-ring (bicyclic) bond motifs is 1. The number of benzene rings is 2. The first-order valence-corrected chi connectivity index (χ1v) is 15.1. The second-order valence-corrected chi connectivity index (χ2v) is 11.2. The Morgan fingerprint density at radius 1 is 0.978 bits per heavy atom. The second-order valence-electron chi connectivity index (χ2n) is 11.2. The fraction of sp³-hybridized carbons (Fsp3) is 0.343. The number of carbonyl (C=O) groups excluding carboxylic acids is 5. The lowest BCUT2D eigenvalue weighted by molar-refractivity contribution is 0.0926. The fourth-order valence-corrected chi connectivity index (χ4v) is 5.58. The van der Waals surface area contributed by atoms with Crippen LogP contribution in [-0.2, 0) is 25.6 Å². The van der Waals surface area contributed by atoms with Gasteiger partial charge in [-0.2, -0.15) is 0 Å². The van der Waals surface area contributed by atoms with Crippen molar-refractivity contribution in [2.75, 3.05) is 6.54 Å². The molecule has 1 fully saturated rings. The van der Waals surface area contributed by atoms with E-state index >= 15 is 0 Å². The fourth-order valence-electron chi connectivity index (χ4n) is 5.58.